The number of aromatic nitrogens is 3. The Balaban J connectivity index is 1.47. The number of pyridine rings is 1. The van der Waals surface area contributed by atoms with E-state index < -0.39 is 5.95 Å². The molecule has 0 unspecified atom stereocenters. The van der Waals surface area contributed by atoms with E-state index in [0.717, 1.165) is 36.3 Å². The molecular formula is C20H24FN5O2. The van der Waals surface area contributed by atoms with Crippen LogP contribution in [0.3, 0.4) is 0 Å². The Morgan fingerprint density at radius 3 is 2.79 bits per heavy atom. The number of aromatic amines is 1. The van der Waals surface area contributed by atoms with Crippen molar-refractivity contribution in [1.29, 1.82) is 0 Å². The van der Waals surface area contributed by atoms with Gasteiger partial charge in [-0.15, -0.1) is 0 Å². The van der Waals surface area contributed by atoms with Gasteiger partial charge < -0.3 is 9.80 Å². The van der Waals surface area contributed by atoms with Crippen molar-refractivity contribution in [1.82, 2.24) is 25.0 Å². The number of hydrogen-bond donors (Lipinski definition) is 1. The first-order valence-corrected chi connectivity index (χ1v) is 9.64. The Morgan fingerprint density at radius 1 is 1.29 bits per heavy atom. The molecule has 1 N–H and O–H groups in total. The van der Waals surface area contributed by atoms with Crippen molar-refractivity contribution in [3.05, 3.63) is 46.8 Å². The van der Waals surface area contributed by atoms with E-state index in [1.165, 1.54) is 18.3 Å². The molecule has 4 heterocycles. The van der Waals surface area contributed by atoms with Crippen LogP contribution in [0, 0.1) is 25.7 Å². The number of nitrogens with one attached hydrogen (secondary N) is 1. The van der Waals surface area contributed by atoms with Crippen molar-refractivity contribution >= 4 is 11.8 Å². The fraction of sp³-hybridized carbons (Fsp3) is 0.500. The number of H-pyrrole nitrogens is 1. The molecule has 0 aliphatic carbocycles. The van der Waals surface area contributed by atoms with Crippen molar-refractivity contribution < 1.29 is 14.0 Å². The molecular weight excluding hydrogens is 361 g/mol. The summed E-state index contributed by atoms with van der Waals surface area (Å²) in [5.74, 6) is -0.397. The first kappa shape index (κ1) is 18.6. The van der Waals surface area contributed by atoms with Crippen molar-refractivity contribution in [2.24, 2.45) is 5.92 Å². The molecule has 0 radical (unpaired) electrons. The molecule has 0 bridgehead atoms. The molecule has 148 valence electrons. The highest BCUT2D eigenvalue weighted by atomic mass is 19.1. The first-order chi connectivity index (χ1) is 13.4. The van der Waals surface area contributed by atoms with Crippen LogP contribution in [0.5, 0.6) is 0 Å². The van der Waals surface area contributed by atoms with Crippen LogP contribution in [-0.2, 0) is 11.2 Å². The molecule has 0 aromatic carbocycles. The van der Waals surface area contributed by atoms with Gasteiger partial charge in [0.2, 0.25) is 11.9 Å². The number of carbonyl (C=O) groups is 2. The monoisotopic (exact) mass is 385 g/mol. The third-order valence-electron chi connectivity index (χ3n) is 5.97. The summed E-state index contributed by atoms with van der Waals surface area (Å²) >= 11 is 0. The number of aryl methyl sites for hydroxylation is 2. The molecule has 2 aromatic heterocycles. The second-order valence-corrected chi connectivity index (χ2v) is 7.73. The van der Waals surface area contributed by atoms with Gasteiger partial charge in [-0.05, 0) is 44.7 Å². The Labute approximate surface area is 162 Å². The van der Waals surface area contributed by atoms with Crippen LogP contribution >= 0.6 is 0 Å². The number of likely N-dealkylation sites (tertiary alicyclic amines) is 2. The number of hydrogen-bond acceptors (Lipinski definition) is 4. The van der Waals surface area contributed by atoms with E-state index in [4.69, 9.17) is 0 Å². The zero-order valence-corrected chi connectivity index (χ0v) is 16.1. The Hall–Kier alpha value is -2.77. The number of nitrogens with zero attached hydrogens (tertiary/aromatic N) is 4. The zero-order valence-electron chi connectivity index (χ0n) is 16.1. The van der Waals surface area contributed by atoms with Gasteiger partial charge in [0.1, 0.15) is 0 Å². The quantitative estimate of drug-likeness (QED) is 0.818. The number of halogens is 1. The van der Waals surface area contributed by atoms with E-state index >= 15 is 0 Å². The number of carbonyl (C=O) groups excluding carboxylic acids is 2. The first-order valence-electron chi connectivity index (χ1n) is 9.64. The van der Waals surface area contributed by atoms with Crippen LogP contribution in [0.15, 0.2) is 18.3 Å². The molecule has 2 aromatic rings. The average Bonchev–Trinajstić information content (AvgIpc) is 3.26. The standard InChI is InChI=1S/C20H24FN5O2/c1-12-16(13(2)24-23-12)8-19(27)26-7-3-4-15-10-25(11-17(15)26)20(28)14-5-6-18(21)22-9-14/h5-6,9,15,17H,3-4,7-8,10-11H2,1-2H3,(H,23,24)/t15-,17+/m0/s1. The fourth-order valence-electron chi connectivity index (χ4n) is 4.43. The largest absolute Gasteiger partial charge is 0.337 e. The van der Waals surface area contributed by atoms with Crippen LogP contribution in [0.1, 0.15) is 40.2 Å². The van der Waals surface area contributed by atoms with Gasteiger partial charge in [0.15, 0.2) is 0 Å². The molecule has 0 spiro atoms. The summed E-state index contributed by atoms with van der Waals surface area (Å²) in [6, 6.07) is 2.69. The number of fused-ring (bicyclic) bond motifs is 1. The predicted molar refractivity (Wildman–Crippen MR) is 100 cm³/mol. The van der Waals surface area contributed by atoms with E-state index in [1.54, 1.807) is 4.90 Å². The minimum Gasteiger partial charge on any atom is -0.337 e. The molecule has 2 atom stereocenters. The van der Waals surface area contributed by atoms with Gasteiger partial charge in [0, 0.05) is 37.1 Å². The summed E-state index contributed by atoms with van der Waals surface area (Å²) in [6.45, 7) is 5.67. The highest BCUT2D eigenvalue weighted by Crippen LogP contribution is 2.32. The lowest BCUT2D eigenvalue weighted by Crippen LogP contribution is -2.49. The molecule has 2 amide bonds. The Bertz CT molecular complexity index is 875. The fourth-order valence-corrected chi connectivity index (χ4v) is 4.43. The zero-order chi connectivity index (χ0) is 19.8. The highest BCUT2D eigenvalue weighted by Gasteiger charge is 2.42. The lowest BCUT2D eigenvalue weighted by Gasteiger charge is -2.37. The second-order valence-electron chi connectivity index (χ2n) is 7.73. The minimum atomic E-state index is -0.603. The van der Waals surface area contributed by atoms with Gasteiger partial charge >= 0.3 is 0 Å². The van der Waals surface area contributed by atoms with E-state index in [2.05, 4.69) is 15.2 Å². The lowest BCUT2D eigenvalue weighted by atomic mass is 9.91. The molecule has 8 heteroatoms. The van der Waals surface area contributed by atoms with Crippen LogP contribution in [0.2, 0.25) is 0 Å². The summed E-state index contributed by atoms with van der Waals surface area (Å²) < 4.78 is 13.0. The molecule has 2 saturated heterocycles. The SMILES string of the molecule is Cc1n[nH]c(C)c1CC(=O)N1CCC[C@H]2CN(C(=O)c3ccc(F)nc3)C[C@H]21. The smallest absolute Gasteiger partial charge is 0.255 e. The van der Waals surface area contributed by atoms with Gasteiger partial charge in [-0.25, -0.2) is 4.98 Å². The van der Waals surface area contributed by atoms with Crippen molar-refractivity contribution in [3.63, 3.8) is 0 Å². The summed E-state index contributed by atoms with van der Waals surface area (Å²) in [5.41, 5.74) is 3.11. The molecule has 0 saturated carbocycles. The summed E-state index contributed by atoms with van der Waals surface area (Å²) in [6.07, 6.45) is 3.54. The van der Waals surface area contributed by atoms with Crippen molar-refractivity contribution in [2.75, 3.05) is 19.6 Å². The molecule has 2 aliphatic heterocycles. The predicted octanol–water partition coefficient (Wildman–Crippen LogP) is 1.87. The van der Waals surface area contributed by atoms with Crippen molar-refractivity contribution in [2.45, 2.75) is 39.2 Å². The summed E-state index contributed by atoms with van der Waals surface area (Å²) in [7, 11) is 0. The average molecular weight is 385 g/mol. The number of rotatable bonds is 3. The van der Waals surface area contributed by atoms with Crippen LogP contribution in [-0.4, -0.2) is 62.5 Å². The molecule has 7 nitrogen and oxygen atoms in total. The maximum atomic E-state index is 13.0. The van der Waals surface area contributed by atoms with Gasteiger partial charge in [0.25, 0.3) is 5.91 Å². The van der Waals surface area contributed by atoms with Crippen molar-refractivity contribution in [3.8, 4) is 0 Å². The van der Waals surface area contributed by atoms with E-state index in [0.29, 0.717) is 25.1 Å². The normalized spacial score (nSPS) is 21.7. The summed E-state index contributed by atoms with van der Waals surface area (Å²) in [5, 5.41) is 7.10. The maximum absolute atomic E-state index is 13.0. The second kappa shape index (κ2) is 7.33. The number of piperidine rings is 1. The van der Waals surface area contributed by atoms with Crippen LogP contribution in [0.4, 0.5) is 4.39 Å². The van der Waals surface area contributed by atoms with Crippen LogP contribution < -0.4 is 0 Å². The Kier molecular flexibility index (Phi) is 4.87. The van der Waals surface area contributed by atoms with Gasteiger partial charge in [0.05, 0.1) is 23.7 Å². The molecule has 4 rings (SSSR count). The highest BCUT2D eigenvalue weighted by molar-refractivity contribution is 5.94. The van der Waals surface area contributed by atoms with Gasteiger partial charge in [-0.1, -0.05) is 0 Å². The third kappa shape index (κ3) is 3.39. The summed E-state index contributed by atoms with van der Waals surface area (Å²) in [4.78, 5) is 33.1. The minimum absolute atomic E-state index is 0.0334. The molecule has 2 aliphatic rings. The van der Waals surface area contributed by atoms with E-state index in [-0.39, 0.29) is 23.8 Å². The van der Waals surface area contributed by atoms with Crippen LogP contribution in [0.25, 0.3) is 0 Å². The molecule has 2 fully saturated rings. The third-order valence-corrected chi connectivity index (χ3v) is 5.97. The van der Waals surface area contributed by atoms with E-state index in [1.807, 2.05) is 18.7 Å². The van der Waals surface area contributed by atoms with Gasteiger partial charge in [-0.2, -0.15) is 9.49 Å². The van der Waals surface area contributed by atoms with Gasteiger partial charge in [-0.3, -0.25) is 14.7 Å². The lowest BCUT2D eigenvalue weighted by molar-refractivity contribution is -0.134. The van der Waals surface area contributed by atoms with E-state index in [9.17, 15) is 14.0 Å². The Morgan fingerprint density at radius 2 is 2.11 bits per heavy atom. The maximum Gasteiger partial charge on any atom is 0.255 e. The topological polar surface area (TPSA) is 82.2 Å². The number of amides is 2. The molecule has 28 heavy (non-hydrogen) atoms.